The van der Waals surface area contributed by atoms with Crippen LogP contribution >= 0.6 is 39.1 Å². The van der Waals surface area contributed by atoms with Crippen LogP contribution in [0.3, 0.4) is 0 Å². The van der Waals surface area contributed by atoms with Gasteiger partial charge < -0.3 is 19.5 Å². The number of hydrazone groups is 1. The van der Waals surface area contributed by atoms with Crippen LogP contribution < -0.4 is 25.0 Å². The largest absolute Gasteiger partial charge is 0.490 e. The second kappa shape index (κ2) is 15.5. The second-order valence-corrected chi connectivity index (χ2v) is 10.2. The number of ether oxygens (including phenoxy) is 3. The molecule has 2 N–H and O–H groups in total. The van der Waals surface area contributed by atoms with Gasteiger partial charge >= 0.3 is 0 Å². The molecular formula is C29H30BrCl2N3O5. The van der Waals surface area contributed by atoms with Gasteiger partial charge in [0.05, 0.1) is 28.9 Å². The summed E-state index contributed by atoms with van der Waals surface area (Å²) >= 11 is 15.6. The molecule has 8 nitrogen and oxygen atoms in total. The van der Waals surface area contributed by atoms with E-state index in [-0.39, 0.29) is 11.4 Å². The molecule has 0 aliphatic carbocycles. The van der Waals surface area contributed by atoms with Gasteiger partial charge in [0.25, 0.3) is 11.8 Å². The second-order valence-electron chi connectivity index (χ2n) is 8.52. The van der Waals surface area contributed by atoms with E-state index in [4.69, 9.17) is 37.4 Å². The number of nitrogens with zero attached hydrogens (tertiary/aromatic N) is 1. The van der Waals surface area contributed by atoms with E-state index in [1.807, 2.05) is 44.2 Å². The van der Waals surface area contributed by atoms with Crippen LogP contribution in [0.2, 0.25) is 10.0 Å². The maximum atomic E-state index is 13.2. The average Bonchev–Trinajstić information content (AvgIpc) is 2.92. The fraction of sp³-hybridized carbons (Fsp3) is 0.276. The van der Waals surface area contributed by atoms with Gasteiger partial charge in [0.1, 0.15) is 11.8 Å². The van der Waals surface area contributed by atoms with Crippen LogP contribution in [0.1, 0.15) is 31.9 Å². The van der Waals surface area contributed by atoms with Gasteiger partial charge in [0, 0.05) is 11.4 Å². The number of rotatable bonds is 13. The number of halogens is 3. The van der Waals surface area contributed by atoms with Crippen molar-refractivity contribution in [1.29, 1.82) is 0 Å². The first-order valence-corrected chi connectivity index (χ1v) is 14.1. The van der Waals surface area contributed by atoms with Crippen molar-refractivity contribution in [2.24, 2.45) is 5.10 Å². The average molecular weight is 651 g/mol. The van der Waals surface area contributed by atoms with Gasteiger partial charge in [-0.25, -0.2) is 5.43 Å². The van der Waals surface area contributed by atoms with Crippen molar-refractivity contribution >= 4 is 57.2 Å². The molecule has 0 fully saturated rings. The molecule has 0 aliphatic heterocycles. The summed E-state index contributed by atoms with van der Waals surface area (Å²) in [6, 6.07) is 16.7. The highest BCUT2D eigenvalue weighted by molar-refractivity contribution is 9.10. The van der Waals surface area contributed by atoms with Gasteiger partial charge in [-0.1, -0.05) is 53.5 Å². The van der Waals surface area contributed by atoms with Gasteiger partial charge in [0.2, 0.25) is 0 Å². The zero-order valence-corrected chi connectivity index (χ0v) is 25.3. The summed E-state index contributed by atoms with van der Waals surface area (Å²) in [7, 11) is 0. The molecule has 2 atom stereocenters. The molecule has 2 amide bonds. The highest BCUT2D eigenvalue weighted by atomic mass is 79.9. The Morgan fingerprint density at radius 2 is 1.70 bits per heavy atom. The number of carbonyl (C=O) groups is 2. The summed E-state index contributed by atoms with van der Waals surface area (Å²) in [5.41, 5.74) is 4.05. The zero-order chi connectivity index (χ0) is 29.1. The van der Waals surface area contributed by atoms with Gasteiger partial charge in [-0.3, -0.25) is 9.59 Å². The van der Waals surface area contributed by atoms with Gasteiger partial charge in [-0.15, -0.1) is 0 Å². The number of hydrogen-bond donors (Lipinski definition) is 2. The highest BCUT2D eigenvalue weighted by Crippen LogP contribution is 2.36. The summed E-state index contributed by atoms with van der Waals surface area (Å²) in [6.07, 6.45) is 0.786. The Hall–Kier alpha value is -3.27. The predicted octanol–water partition coefficient (Wildman–Crippen LogP) is 6.20. The van der Waals surface area contributed by atoms with Crippen molar-refractivity contribution < 1.29 is 23.8 Å². The Morgan fingerprint density at radius 3 is 2.38 bits per heavy atom. The SMILES string of the molecule is CCOc1cc(/C=N\NC(=O)[C@H](Cc2ccccc2)NC(=O)[C@@H](C)Oc2ccc(Cl)cc2Cl)cc(Br)c1OCC. The van der Waals surface area contributed by atoms with E-state index in [9.17, 15) is 9.59 Å². The first kappa shape index (κ1) is 31.3. The minimum absolute atomic E-state index is 0.242. The van der Waals surface area contributed by atoms with E-state index in [1.54, 1.807) is 31.2 Å². The number of hydrogen-bond acceptors (Lipinski definition) is 6. The lowest BCUT2D eigenvalue weighted by atomic mass is 10.1. The molecule has 0 aromatic heterocycles. The molecule has 0 unspecified atom stereocenters. The fourth-order valence-electron chi connectivity index (χ4n) is 3.62. The fourth-order valence-corrected chi connectivity index (χ4v) is 4.65. The highest BCUT2D eigenvalue weighted by Gasteiger charge is 2.25. The lowest BCUT2D eigenvalue weighted by molar-refractivity contribution is -0.132. The van der Waals surface area contributed by atoms with E-state index in [2.05, 4.69) is 31.8 Å². The van der Waals surface area contributed by atoms with Crippen LogP contribution in [0.5, 0.6) is 17.2 Å². The van der Waals surface area contributed by atoms with Crippen LogP contribution in [0.15, 0.2) is 70.2 Å². The molecule has 0 spiro atoms. The van der Waals surface area contributed by atoms with E-state index in [0.717, 1.165) is 5.56 Å². The first-order chi connectivity index (χ1) is 19.2. The van der Waals surface area contributed by atoms with E-state index in [1.165, 1.54) is 12.3 Å². The van der Waals surface area contributed by atoms with Crippen LogP contribution in [0.4, 0.5) is 0 Å². The minimum atomic E-state index is -0.938. The molecule has 0 radical (unpaired) electrons. The summed E-state index contributed by atoms with van der Waals surface area (Å²) < 4.78 is 17.8. The molecule has 40 heavy (non-hydrogen) atoms. The van der Waals surface area contributed by atoms with Gasteiger partial charge in [-0.05, 0) is 78.2 Å². The third-order valence-corrected chi connectivity index (χ3v) is 6.61. The summed E-state index contributed by atoms with van der Waals surface area (Å²) in [6.45, 7) is 6.26. The Kier molecular flexibility index (Phi) is 12.1. The molecule has 3 aromatic carbocycles. The lowest BCUT2D eigenvalue weighted by Gasteiger charge is -2.21. The normalized spacial score (nSPS) is 12.4. The van der Waals surface area contributed by atoms with E-state index >= 15 is 0 Å². The van der Waals surface area contributed by atoms with Crippen molar-refractivity contribution in [2.75, 3.05) is 13.2 Å². The Labute approximate surface area is 252 Å². The van der Waals surface area contributed by atoms with E-state index in [0.29, 0.717) is 45.5 Å². The van der Waals surface area contributed by atoms with Gasteiger partial charge in [0.15, 0.2) is 17.6 Å². The molecular weight excluding hydrogens is 621 g/mol. The summed E-state index contributed by atoms with van der Waals surface area (Å²) in [5.74, 6) is 0.446. The van der Waals surface area contributed by atoms with Crippen molar-refractivity contribution in [3.05, 3.63) is 86.3 Å². The number of amides is 2. The first-order valence-electron chi connectivity index (χ1n) is 12.6. The monoisotopic (exact) mass is 649 g/mol. The van der Waals surface area contributed by atoms with Crippen LogP contribution in [-0.4, -0.2) is 43.4 Å². The summed E-state index contributed by atoms with van der Waals surface area (Å²) in [4.78, 5) is 26.1. The van der Waals surface area contributed by atoms with Crippen LogP contribution in [0, 0.1) is 0 Å². The maximum absolute atomic E-state index is 13.2. The Morgan fingerprint density at radius 1 is 0.975 bits per heavy atom. The third kappa shape index (κ3) is 9.15. The smallest absolute Gasteiger partial charge is 0.262 e. The predicted molar refractivity (Wildman–Crippen MR) is 161 cm³/mol. The number of carbonyl (C=O) groups excluding carboxylic acids is 2. The number of nitrogens with one attached hydrogen (secondary N) is 2. The molecule has 3 rings (SSSR count). The molecule has 0 saturated heterocycles. The molecule has 0 aliphatic rings. The molecule has 0 saturated carbocycles. The Bertz CT molecular complexity index is 1340. The van der Waals surface area contributed by atoms with E-state index < -0.39 is 24.0 Å². The maximum Gasteiger partial charge on any atom is 0.262 e. The lowest BCUT2D eigenvalue weighted by Crippen LogP contribution is -2.50. The van der Waals surface area contributed by atoms with Crippen molar-refractivity contribution in [1.82, 2.24) is 10.7 Å². The Balaban J connectivity index is 1.73. The minimum Gasteiger partial charge on any atom is -0.490 e. The topological polar surface area (TPSA) is 98.2 Å². The van der Waals surface area contributed by atoms with Crippen molar-refractivity contribution in [3.8, 4) is 17.2 Å². The zero-order valence-electron chi connectivity index (χ0n) is 22.2. The summed E-state index contributed by atoms with van der Waals surface area (Å²) in [5, 5.41) is 7.58. The van der Waals surface area contributed by atoms with Crippen molar-refractivity contribution in [2.45, 2.75) is 39.3 Å². The molecule has 11 heteroatoms. The van der Waals surface area contributed by atoms with Crippen LogP contribution in [-0.2, 0) is 16.0 Å². The molecule has 3 aromatic rings. The molecule has 0 heterocycles. The standard InChI is InChI=1S/C29H30BrCl2N3O5/c1-4-38-26-15-20(13-22(30)27(26)39-5-2)17-33-35-29(37)24(14-19-9-7-6-8-10-19)34-28(36)18(3)40-25-12-11-21(31)16-23(25)32/h6-13,15-18,24H,4-5,14H2,1-3H3,(H,34,36)(H,35,37)/b33-17-/t18-,24+/m1/s1. The van der Waals surface area contributed by atoms with Crippen molar-refractivity contribution in [3.63, 3.8) is 0 Å². The quantitative estimate of drug-likeness (QED) is 0.170. The van der Waals surface area contributed by atoms with Crippen LogP contribution in [0.25, 0.3) is 0 Å². The number of benzene rings is 3. The van der Waals surface area contributed by atoms with Gasteiger partial charge in [-0.2, -0.15) is 5.10 Å². The third-order valence-electron chi connectivity index (χ3n) is 5.49. The molecule has 212 valence electrons. The molecule has 0 bridgehead atoms.